The smallest absolute Gasteiger partial charge is 0.109 e. The first-order valence-electron chi connectivity index (χ1n) is 4.82. The standard InChI is InChI=1S/C11H12BrNS/c12-10-5-3-4-9(8-10)11(14)13-6-1-2-7-13/h3-5,8H,1-2,6-7H2. The Balaban J connectivity index is 2.17. The summed E-state index contributed by atoms with van der Waals surface area (Å²) in [6, 6.07) is 8.21. The average Bonchev–Trinajstić information content (AvgIpc) is 2.69. The van der Waals surface area contributed by atoms with Crippen molar-refractivity contribution in [3.63, 3.8) is 0 Å². The summed E-state index contributed by atoms with van der Waals surface area (Å²) in [5.74, 6) is 0. The molecular formula is C11H12BrNS. The second-order valence-corrected chi connectivity index (χ2v) is 4.81. The Bertz CT molecular complexity index is 345. The summed E-state index contributed by atoms with van der Waals surface area (Å²) < 4.78 is 1.09. The molecule has 0 aliphatic carbocycles. The van der Waals surface area contributed by atoms with Crippen molar-refractivity contribution in [2.75, 3.05) is 13.1 Å². The third-order valence-electron chi connectivity index (χ3n) is 2.46. The van der Waals surface area contributed by atoms with Crippen molar-refractivity contribution >= 4 is 33.1 Å². The van der Waals surface area contributed by atoms with Gasteiger partial charge in [0.05, 0.1) is 0 Å². The SMILES string of the molecule is S=C(c1cccc(Br)c1)N1CCCC1. The number of halogens is 1. The molecule has 0 atom stereocenters. The highest BCUT2D eigenvalue weighted by Crippen LogP contribution is 2.17. The van der Waals surface area contributed by atoms with Crippen LogP contribution in [0.15, 0.2) is 28.7 Å². The maximum absolute atomic E-state index is 5.44. The topological polar surface area (TPSA) is 3.24 Å². The average molecular weight is 270 g/mol. The predicted octanol–water partition coefficient (Wildman–Crippen LogP) is 3.22. The number of benzene rings is 1. The molecular weight excluding hydrogens is 258 g/mol. The van der Waals surface area contributed by atoms with Crippen molar-refractivity contribution in [2.45, 2.75) is 12.8 Å². The van der Waals surface area contributed by atoms with Gasteiger partial charge in [0.2, 0.25) is 0 Å². The molecule has 0 aromatic heterocycles. The van der Waals surface area contributed by atoms with Crippen LogP contribution in [-0.2, 0) is 0 Å². The highest BCUT2D eigenvalue weighted by atomic mass is 79.9. The maximum Gasteiger partial charge on any atom is 0.109 e. The van der Waals surface area contributed by atoms with E-state index in [0.717, 1.165) is 28.1 Å². The molecule has 1 aromatic rings. The Morgan fingerprint density at radius 2 is 2.00 bits per heavy atom. The van der Waals surface area contributed by atoms with Gasteiger partial charge in [-0.05, 0) is 25.0 Å². The van der Waals surface area contributed by atoms with Gasteiger partial charge in [0.15, 0.2) is 0 Å². The Morgan fingerprint density at radius 1 is 1.29 bits per heavy atom. The number of hydrogen-bond donors (Lipinski definition) is 0. The highest BCUT2D eigenvalue weighted by Gasteiger charge is 2.15. The molecule has 1 fully saturated rings. The van der Waals surface area contributed by atoms with Crippen LogP contribution in [0.5, 0.6) is 0 Å². The van der Waals surface area contributed by atoms with Crippen LogP contribution in [0.4, 0.5) is 0 Å². The van der Waals surface area contributed by atoms with E-state index in [0.29, 0.717) is 0 Å². The van der Waals surface area contributed by atoms with Crippen LogP contribution in [-0.4, -0.2) is 23.0 Å². The van der Waals surface area contributed by atoms with Gasteiger partial charge in [-0.2, -0.15) is 0 Å². The lowest BCUT2D eigenvalue weighted by atomic mass is 10.2. The van der Waals surface area contributed by atoms with Crippen molar-refractivity contribution in [3.8, 4) is 0 Å². The molecule has 2 rings (SSSR count). The van der Waals surface area contributed by atoms with E-state index in [-0.39, 0.29) is 0 Å². The summed E-state index contributed by atoms with van der Waals surface area (Å²) in [6.45, 7) is 2.23. The predicted molar refractivity (Wildman–Crippen MR) is 66.6 cm³/mol. The molecule has 0 amide bonds. The number of hydrogen-bond acceptors (Lipinski definition) is 1. The molecule has 0 saturated carbocycles. The lowest BCUT2D eigenvalue weighted by Crippen LogP contribution is -2.26. The molecule has 1 aliphatic rings. The van der Waals surface area contributed by atoms with Crippen LogP contribution in [0.25, 0.3) is 0 Å². The van der Waals surface area contributed by atoms with Crippen molar-refractivity contribution in [3.05, 3.63) is 34.3 Å². The minimum Gasteiger partial charge on any atom is -0.362 e. The third kappa shape index (κ3) is 2.15. The molecule has 0 spiro atoms. The summed E-state index contributed by atoms with van der Waals surface area (Å²) >= 11 is 8.91. The highest BCUT2D eigenvalue weighted by molar-refractivity contribution is 9.10. The second kappa shape index (κ2) is 4.41. The maximum atomic E-state index is 5.44. The largest absolute Gasteiger partial charge is 0.362 e. The van der Waals surface area contributed by atoms with Crippen LogP contribution in [0.1, 0.15) is 18.4 Å². The lowest BCUT2D eigenvalue weighted by Gasteiger charge is -2.18. The van der Waals surface area contributed by atoms with Gasteiger partial charge in [-0.15, -0.1) is 0 Å². The fourth-order valence-corrected chi connectivity index (χ4v) is 2.43. The van der Waals surface area contributed by atoms with Gasteiger partial charge < -0.3 is 4.90 Å². The minimum absolute atomic E-state index is 0.990. The van der Waals surface area contributed by atoms with Crippen LogP contribution in [0, 0.1) is 0 Å². The van der Waals surface area contributed by atoms with E-state index in [2.05, 4.69) is 33.0 Å². The zero-order valence-electron chi connectivity index (χ0n) is 7.87. The molecule has 3 heteroatoms. The molecule has 1 nitrogen and oxygen atoms in total. The number of nitrogens with zero attached hydrogens (tertiary/aromatic N) is 1. The summed E-state index contributed by atoms with van der Waals surface area (Å²) in [4.78, 5) is 3.28. The van der Waals surface area contributed by atoms with Crippen molar-refractivity contribution < 1.29 is 0 Å². The van der Waals surface area contributed by atoms with E-state index < -0.39 is 0 Å². The van der Waals surface area contributed by atoms with Gasteiger partial charge in [-0.3, -0.25) is 0 Å². The van der Waals surface area contributed by atoms with E-state index in [1.807, 2.05) is 12.1 Å². The van der Waals surface area contributed by atoms with E-state index >= 15 is 0 Å². The van der Waals surface area contributed by atoms with Crippen LogP contribution in [0.3, 0.4) is 0 Å². The van der Waals surface area contributed by atoms with Gasteiger partial charge in [0.25, 0.3) is 0 Å². The molecule has 1 aromatic carbocycles. The minimum atomic E-state index is 0.990. The normalized spacial score (nSPS) is 15.9. The zero-order valence-corrected chi connectivity index (χ0v) is 10.3. The number of likely N-dealkylation sites (tertiary alicyclic amines) is 1. The molecule has 1 heterocycles. The molecule has 0 unspecified atom stereocenters. The van der Waals surface area contributed by atoms with E-state index in [9.17, 15) is 0 Å². The Labute approximate surface area is 98.2 Å². The van der Waals surface area contributed by atoms with Crippen LogP contribution >= 0.6 is 28.1 Å². The van der Waals surface area contributed by atoms with Crippen molar-refractivity contribution in [1.29, 1.82) is 0 Å². The first kappa shape index (κ1) is 10.1. The summed E-state index contributed by atoms with van der Waals surface area (Å²) in [6.07, 6.45) is 2.54. The van der Waals surface area contributed by atoms with E-state index in [4.69, 9.17) is 12.2 Å². The quantitative estimate of drug-likeness (QED) is 0.721. The molecule has 0 N–H and O–H groups in total. The summed E-state index contributed by atoms with van der Waals surface area (Å²) in [7, 11) is 0. The van der Waals surface area contributed by atoms with Crippen LogP contribution < -0.4 is 0 Å². The molecule has 74 valence electrons. The fourth-order valence-electron chi connectivity index (χ4n) is 1.72. The first-order chi connectivity index (χ1) is 6.77. The fraction of sp³-hybridized carbons (Fsp3) is 0.364. The van der Waals surface area contributed by atoms with E-state index in [1.165, 1.54) is 12.8 Å². The molecule has 0 bridgehead atoms. The van der Waals surface area contributed by atoms with Crippen molar-refractivity contribution in [1.82, 2.24) is 4.90 Å². The van der Waals surface area contributed by atoms with Gasteiger partial charge in [-0.25, -0.2) is 0 Å². The Hall–Kier alpha value is -0.410. The number of thiocarbonyl (C=S) groups is 1. The van der Waals surface area contributed by atoms with Crippen molar-refractivity contribution in [2.24, 2.45) is 0 Å². The van der Waals surface area contributed by atoms with Gasteiger partial charge in [0, 0.05) is 23.1 Å². The van der Waals surface area contributed by atoms with E-state index in [1.54, 1.807) is 0 Å². The monoisotopic (exact) mass is 269 g/mol. The Morgan fingerprint density at radius 3 is 2.64 bits per heavy atom. The molecule has 1 aliphatic heterocycles. The second-order valence-electron chi connectivity index (χ2n) is 3.51. The van der Waals surface area contributed by atoms with Gasteiger partial charge >= 0.3 is 0 Å². The van der Waals surface area contributed by atoms with Gasteiger partial charge in [0.1, 0.15) is 4.99 Å². The molecule has 14 heavy (non-hydrogen) atoms. The molecule has 0 radical (unpaired) electrons. The van der Waals surface area contributed by atoms with Gasteiger partial charge in [-0.1, -0.05) is 40.3 Å². The Kier molecular flexibility index (Phi) is 3.19. The summed E-state index contributed by atoms with van der Waals surface area (Å²) in [5.41, 5.74) is 1.15. The first-order valence-corrected chi connectivity index (χ1v) is 6.02. The lowest BCUT2D eigenvalue weighted by molar-refractivity contribution is 0.530. The van der Waals surface area contributed by atoms with Crippen LogP contribution in [0.2, 0.25) is 0 Å². The summed E-state index contributed by atoms with van der Waals surface area (Å²) in [5, 5.41) is 0. The number of rotatable bonds is 1. The molecule has 1 saturated heterocycles. The zero-order chi connectivity index (χ0) is 9.97. The third-order valence-corrected chi connectivity index (χ3v) is 3.45.